The van der Waals surface area contributed by atoms with E-state index in [2.05, 4.69) is 10.1 Å². The first-order chi connectivity index (χ1) is 13.7. The summed E-state index contributed by atoms with van der Waals surface area (Å²) in [6.45, 7) is -1.11. The average molecular weight is 412 g/mol. The van der Waals surface area contributed by atoms with Gasteiger partial charge in [-0.25, -0.2) is 0 Å². The highest BCUT2D eigenvalue weighted by Crippen LogP contribution is 2.37. The Balaban J connectivity index is 1.42. The monoisotopic (exact) mass is 412 g/mol. The molecule has 158 valence electrons. The number of likely N-dealkylation sites (tertiary alicyclic amines) is 1. The smallest absolute Gasteiger partial charge is 0.422 e. The van der Waals surface area contributed by atoms with E-state index in [1.165, 1.54) is 17.0 Å². The number of hydrogen-bond donors (Lipinski definition) is 1. The largest absolute Gasteiger partial charge is 0.484 e. The summed E-state index contributed by atoms with van der Waals surface area (Å²) in [5.41, 5.74) is 0.692. The first-order valence-corrected chi connectivity index (χ1v) is 9.65. The van der Waals surface area contributed by atoms with Crippen LogP contribution in [0, 0.1) is 11.8 Å². The van der Waals surface area contributed by atoms with Crippen LogP contribution in [0.4, 0.5) is 13.2 Å². The maximum Gasteiger partial charge on any atom is 0.422 e. The first kappa shape index (κ1) is 21.1. The van der Waals surface area contributed by atoms with Crippen LogP contribution in [0.2, 0.25) is 0 Å². The van der Waals surface area contributed by atoms with Crippen LogP contribution in [-0.4, -0.2) is 41.9 Å². The number of amides is 3. The number of nitrogens with zero attached hydrogens (tertiary/aromatic N) is 1. The molecule has 3 rings (SSSR count). The number of halogens is 3. The summed E-state index contributed by atoms with van der Waals surface area (Å²) < 4.78 is 41.0. The SMILES string of the molecule is O=C(CCN1C(=O)C2CCCCC2C1=O)NCc1ccc(OCC(F)(F)F)cc1. The molecule has 1 saturated carbocycles. The van der Waals surface area contributed by atoms with Crippen molar-refractivity contribution in [2.24, 2.45) is 11.8 Å². The molecule has 0 spiro atoms. The molecule has 1 aliphatic carbocycles. The van der Waals surface area contributed by atoms with Crippen molar-refractivity contribution in [3.63, 3.8) is 0 Å². The van der Waals surface area contributed by atoms with Crippen LogP contribution in [0.5, 0.6) is 5.75 Å². The topological polar surface area (TPSA) is 75.7 Å². The zero-order chi connectivity index (χ0) is 21.0. The van der Waals surface area contributed by atoms with Crippen molar-refractivity contribution in [1.82, 2.24) is 10.2 Å². The van der Waals surface area contributed by atoms with Gasteiger partial charge in [-0.05, 0) is 30.5 Å². The molecule has 1 aromatic carbocycles. The predicted octanol–water partition coefficient (Wildman–Crippen LogP) is 2.81. The van der Waals surface area contributed by atoms with Crippen molar-refractivity contribution in [3.05, 3.63) is 29.8 Å². The van der Waals surface area contributed by atoms with Gasteiger partial charge in [0.15, 0.2) is 6.61 Å². The second-order valence-electron chi connectivity index (χ2n) is 7.40. The minimum absolute atomic E-state index is 0.0176. The summed E-state index contributed by atoms with van der Waals surface area (Å²) in [4.78, 5) is 38.0. The molecular weight excluding hydrogens is 389 g/mol. The molecule has 1 heterocycles. The summed E-state index contributed by atoms with van der Waals surface area (Å²) >= 11 is 0. The molecule has 0 bridgehead atoms. The number of carbonyl (C=O) groups is 3. The third kappa shape index (κ3) is 5.48. The first-order valence-electron chi connectivity index (χ1n) is 9.65. The summed E-state index contributed by atoms with van der Waals surface area (Å²) in [6.07, 6.45) is -1.00. The van der Waals surface area contributed by atoms with E-state index in [1.54, 1.807) is 12.1 Å². The van der Waals surface area contributed by atoms with Crippen LogP contribution in [0.3, 0.4) is 0 Å². The molecule has 29 heavy (non-hydrogen) atoms. The summed E-state index contributed by atoms with van der Waals surface area (Å²) in [7, 11) is 0. The number of alkyl halides is 3. The van der Waals surface area contributed by atoms with Gasteiger partial charge in [0.25, 0.3) is 0 Å². The highest BCUT2D eigenvalue weighted by atomic mass is 19.4. The van der Waals surface area contributed by atoms with E-state index in [1.807, 2.05) is 0 Å². The van der Waals surface area contributed by atoms with Crippen molar-refractivity contribution >= 4 is 17.7 Å². The average Bonchev–Trinajstić information content (AvgIpc) is 2.94. The highest BCUT2D eigenvalue weighted by Gasteiger charge is 2.47. The van der Waals surface area contributed by atoms with E-state index in [0.717, 1.165) is 25.7 Å². The van der Waals surface area contributed by atoms with E-state index in [0.29, 0.717) is 5.56 Å². The lowest BCUT2D eigenvalue weighted by atomic mass is 9.81. The van der Waals surface area contributed by atoms with Crippen LogP contribution < -0.4 is 10.1 Å². The van der Waals surface area contributed by atoms with E-state index in [9.17, 15) is 27.6 Å². The summed E-state index contributed by atoms with van der Waals surface area (Å²) in [6, 6.07) is 5.92. The number of imide groups is 1. The van der Waals surface area contributed by atoms with E-state index in [4.69, 9.17) is 0 Å². The number of carbonyl (C=O) groups excluding carboxylic acids is 3. The molecule has 1 N–H and O–H groups in total. The molecule has 1 aromatic rings. The quantitative estimate of drug-likeness (QED) is 0.699. The van der Waals surface area contributed by atoms with E-state index >= 15 is 0 Å². The Kier molecular flexibility index (Phi) is 6.44. The second kappa shape index (κ2) is 8.84. The number of nitrogens with one attached hydrogen (secondary N) is 1. The van der Waals surface area contributed by atoms with Crippen molar-refractivity contribution in [1.29, 1.82) is 0 Å². The molecule has 2 aliphatic rings. The lowest BCUT2D eigenvalue weighted by molar-refractivity contribution is -0.153. The molecule has 2 atom stereocenters. The number of fused-ring (bicyclic) bond motifs is 1. The van der Waals surface area contributed by atoms with Crippen LogP contribution in [0.1, 0.15) is 37.7 Å². The molecule has 9 heteroatoms. The molecule has 1 saturated heterocycles. The third-order valence-electron chi connectivity index (χ3n) is 5.31. The summed E-state index contributed by atoms with van der Waals surface area (Å²) in [5.74, 6) is -0.999. The maximum atomic E-state index is 12.4. The van der Waals surface area contributed by atoms with Crippen LogP contribution in [0.25, 0.3) is 0 Å². The van der Waals surface area contributed by atoms with Crippen LogP contribution >= 0.6 is 0 Å². The molecule has 0 aromatic heterocycles. The van der Waals surface area contributed by atoms with Gasteiger partial charge in [0.2, 0.25) is 17.7 Å². The zero-order valence-electron chi connectivity index (χ0n) is 15.8. The fraction of sp³-hybridized carbons (Fsp3) is 0.550. The minimum Gasteiger partial charge on any atom is -0.484 e. The Bertz CT molecular complexity index is 740. The van der Waals surface area contributed by atoms with Gasteiger partial charge < -0.3 is 10.1 Å². The minimum atomic E-state index is -4.40. The van der Waals surface area contributed by atoms with Crippen LogP contribution in [-0.2, 0) is 20.9 Å². The van der Waals surface area contributed by atoms with Crippen molar-refractivity contribution in [3.8, 4) is 5.75 Å². The van der Waals surface area contributed by atoms with Gasteiger partial charge in [0.1, 0.15) is 5.75 Å². The predicted molar refractivity (Wildman–Crippen MR) is 96.6 cm³/mol. The van der Waals surface area contributed by atoms with Crippen molar-refractivity contribution in [2.45, 2.75) is 44.8 Å². The second-order valence-corrected chi connectivity index (χ2v) is 7.40. The van der Waals surface area contributed by atoms with Gasteiger partial charge in [0, 0.05) is 19.5 Å². The van der Waals surface area contributed by atoms with Crippen molar-refractivity contribution < 1.29 is 32.3 Å². The number of ether oxygens (including phenoxy) is 1. The fourth-order valence-electron chi connectivity index (χ4n) is 3.82. The van der Waals surface area contributed by atoms with Gasteiger partial charge in [-0.2, -0.15) is 13.2 Å². The maximum absolute atomic E-state index is 12.4. The van der Waals surface area contributed by atoms with Gasteiger partial charge in [-0.3, -0.25) is 19.3 Å². The Morgan fingerprint density at radius 2 is 1.66 bits per heavy atom. The molecule has 0 radical (unpaired) electrons. The fourth-order valence-corrected chi connectivity index (χ4v) is 3.82. The zero-order valence-corrected chi connectivity index (χ0v) is 15.8. The Morgan fingerprint density at radius 1 is 1.07 bits per heavy atom. The van der Waals surface area contributed by atoms with Gasteiger partial charge in [-0.15, -0.1) is 0 Å². The lowest BCUT2D eigenvalue weighted by Crippen LogP contribution is -2.35. The van der Waals surface area contributed by atoms with E-state index in [-0.39, 0.29) is 54.8 Å². The van der Waals surface area contributed by atoms with Gasteiger partial charge >= 0.3 is 6.18 Å². The number of rotatable bonds is 7. The van der Waals surface area contributed by atoms with Gasteiger partial charge in [-0.1, -0.05) is 25.0 Å². The standard InChI is InChI=1S/C20H23F3N2O4/c21-20(22,23)12-29-14-7-5-13(6-8-14)11-24-17(26)9-10-25-18(27)15-3-1-2-4-16(15)19(25)28/h5-8,15-16H,1-4,9-12H2,(H,24,26). The Labute approximate surface area is 166 Å². The Hall–Kier alpha value is -2.58. The summed E-state index contributed by atoms with van der Waals surface area (Å²) in [5, 5.41) is 2.68. The normalized spacial score (nSPS) is 21.8. The molecule has 6 nitrogen and oxygen atoms in total. The van der Waals surface area contributed by atoms with Crippen molar-refractivity contribution in [2.75, 3.05) is 13.2 Å². The molecule has 3 amide bonds. The number of hydrogen-bond acceptors (Lipinski definition) is 4. The molecule has 2 unspecified atom stereocenters. The molecule has 1 aliphatic heterocycles. The Morgan fingerprint density at radius 3 is 2.21 bits per heavy atom. The third-order valence-corrected chi connectivity index (χ3v) is 5.31. The van der Waals surface area contributed by atoms with E-state index < -0.39 is 12.8 Å². The van der Waals surface area contributed by atoms with Crippen LogP contribution in [0.15, 0.2) is 24.3 Å². The molecule has 2 fully saturated rings. The molecular formula is C20H23F3N2O4. The van der Waals surface area contributed by atoms with Gasteiger partial charge in [0.05, 0.1) is 11.8 Å². The number of benzene rings is 1. The highest BCUT2D eigenvalue weighted by molar-refractivity contribution is 6.05. The lowest BCUT2D eigenvalue weighted by Gasteiger charge is -2.19.